The zero-order chi connectivity index (χ0) is 13.3. The Balaban J connectivity index is 2.04. The zero-order valence-electron chi connectivity index (χ0n) is 13.0. The lowest BCUT2D eigenvalue weighted by molar-refractivity contribution is 0.0264. The second-order valence-corrected chi connectivity index (χ2v) is 7.61. The van der Waals surface area contributed by atoms with Crippen molar-refractivity contribution in [3.8, 4) is 0 Å². The van der Waals surface area contributed by atoms with Gasteiger partial charge in [0.2, 0.25) is 0 Å². The van der Waals surface area contributed by atoms with Crippen LogP contribution in [0.4, 0.5) is 0 Å². The van der Waals surface area contributed by atoms with Crippen LogP contribution >= 0.6 is 0 Å². The third kappa shape index (κ3) is 3.08. The maximum Gasteiger partial charge on any atom is 0.0254 e. The van der Waals surface area contributed by atoms with Crippen LogP contribution in [0.2, 0.25) is 0 Å². The van der Waals surface area contributed by atoms with Gasteiger partial charge in [0.15, 0.2) is 0 Å². The van der Waals surface area contributed by atoms with Gasteiger partial charge >= 0.3 is 0 Å². The van der Waals surface area contributed by atoms with E-state index in [1.165, 1.54) is 38.8 Å². The molecule has 0 spiro atoms. The quantitative estimate of drug-likeness (QED) is 0.812. The van der Waals surface area contributed by atoms with E-state index in [0.29, 0.717) is 11.5 Å². The van der Waals surface area contributed by atoms with E-state index in [1.54, 1.807) is 0 Å². The Kier molecular flexibility index (Phi) is 4.38. The van der Waals surface area contributed by atoms with Gasteiger partial charge in [0, 0.05) is 18.6 Å². The first kappa shape index (κ1) is 14.3. The number of nitrogens with zero attached hydrogens (tertiary/aromatic N) is 1. The molecule has 2 nitrogen and oxygen atoms in total. The highest BCUT2D eigenvalue weighted by molar-refractivity contribution is 4.95. The smallest absolute Gasteiger partial charge is 0.0254 e. The standard InChI is InChI=1S/C16H32N2/c1-12-7-9-18(11-13(12)2)15-10-16(3,4)8-6-14(15)17-5/h12-15,17H,6-11H2,1-5H3. The number of likely N-dealkylation sites (tertiary alicyclic amines) is 1. The maximum atomic E-state index is 3.57. The predicted molar refractivity (Wildman–Crippen MR) is 78.8 cm³/mol. The van der Waals surface area contributed by atoms with E-state index in [0.717, 1.165) is 17.9 Å². The minimum Gasteiger partial charge on any atom is -0.315 e. The summed E-state index contributed by atoms with van der Waals surface area (Å²) in [5.41, 5.74) is 0.532. The maximum absolute atomic E-state index is 3.57. The van der Waals surface area contributed by atoms with E-state index < -0.39 is 0 Å². The van der Waals surface area contributed by atoms with E-state index in [9.17, 15) is 0 Å². The molecule has 2 rings (SSSR count). The van der Waals surface area contributed by atoms with Gasteiger partial charge in [-0.15, -0.1) is 0 Å². The lowest BCUT2D eigenvalue weighted by Gasteiger charge is -2.49. The number of hydrogen-bond donors (Lipinski definition) is 1. The van der Waals surface area contributed by atoms with Crippen molar-refractivity contribution < 1.29 is 0 Å². The molecule has 4 unspecified atom stereocenters. The minimum absolute atomic E-state index is 0.532. The molecule has 1 heterocycles. The molecule has 0 aromatic heterocycles. The summed E-state index contributed by atoms with van der Waals surface area (Å²) in [5, 5.41) is 3.57. The van der Waals surface area contributed by atoms with Gasteiger partial charge in [-0.25, -0.2) is 0 Å². The van der Waals surface area contributed by atoms with Crippen LogP contribution in [0.5, 0.6) is 0 Å². The molecule has 2 heteroatoms. The molecule has 2 aliphatic rings. The van der Waals surface area contributed by atoms with Gasteiger partial charge in [0.25, 0.3) is 0 Å². The monoisotopic (exact) mass is 252 g/mol. The van der Waals surface area contributed by atoms with Crippen molar-refractivity contribution in [2.75, 3.05) is 20.1 Å². The van der Waals surface area contributed by atoms with Crippen LogP contribution in [-0.4, -0.2) is 37.1 Å². The SMILES string of the molecule is CNC1CCC(C)(C)CC1N1CCC(C)C(C)C1. The molecule has 0 aromatic carbocycles. The Morgan fingerprint density at radius 1 is 1.11 bits per heavy atom. The van der Waals surface area contributed by atoms with Crippen molar-refractivity contribution in [3.05, 3.63) is 0 Å². The van der Waals surface area contributed by atoms with Crippen LogP contribution in [0.3, 0.4) is 0 Å². The van der Waals surface area contributed by atoms with Crippen molar-refractivity contribution in [1.82, 2.24) is 10.2 Å². The Morgan fingerprint density at radius 2 is 1.83 bits per heavy atom. The number of rotatable bonds is 2. The molecule has 1 saturated heterocycles. The molecule has 18 heavy (non-hydrogen) atoms. The molecule has 1 aliphatic heterocycles. The molecule has 1 N–H and O–H groups in total. The van der Waals surface area contributed by atoms with Crippen LogP contribution in [0.15, 0.2) is 0 Å². The van der Waals surface area contributed by atoms with Crippen molar-refractivity contribution >= 4 is 0 Å². The second kappa shape index (κ2) is 5.50. The average molecular weight is 252 g/mol. The Hall–Kier alpha value is -0.0800. The van der Waals surface area contributed by atoms with Gasteiger partial charge in [-0.05, 0) is 56.5 Å². The molecule has 0 amide bonds. The van der Waals surface area contributed by atoms with E-state index in [2.05, 4.69) is 45.0 Å². The van der Waals surface area contributed by atoms with E-state index in [4.69, 9.17) is 0 Å². The van der Waals surface area contributed by atoms with Gasteiger partial charge in [-0.3, -0.25) is 4.90 Å². The van der Waals surface area contributed by atoms with Crippen molar-refractivity contribution in [2.45, 2.75) is 65.5 Å². The van der Waals surface area contributed by atoms with Crippen LogP contribution in [0.25, 0.3) is 0 Å². The molecule has 1 aliphatic carbocycles. The molecular weight excluding hydrogens is 220 g/mol. The Morgan fingerprint density at radius 3 is 2.44 bits per heavy atom. The van der Waals surface area contributed by atoms with E-state index in [-0.39, 0.29) is 0 Å². The van der Waals surface area contributed by atoms with Gasteiger partial charge in [-0.1, -0.05) is 27.7 Å². The van der Waals surface area contributed by atoms with Gasteiger partial charge in [0.1, 0.15) is 0 Å². The zero-order valence-corrected chi connectivity index (χ0v) is 13.0. The van der Waals surface area contributed by atoms with Crippen molar-refractivity contribution in [2.24, 2.45) is 17.3 Å². The van der Waals surface area contributed by atoms with Crippen molar-refractivity contribution in [3.63, 3.8) is 0 Å². The van der Waals surface area contributed by atoms with Crippen molar-refractivity contribution in [1.29, 1.82) is 0 Å². The fourth-order valence-electron chi connectivity index (χ4n) is 3.87. The van der Waals surface area contributed by atoms with E-state index >= 15 is 0 Å². The Labute approximate surface area is 114 Å². The highest BCUT2D eigenvalue weighted by Gasteiger charge is 2.39. The summed E-state index contributed by atoms with van der Waals surface area (Å²) >= 11 is 0. The molecule has 4 atom stereocenters. The molecule has 1 saturated carbocycles. The highest BCUT2D eigenvalue weighted by atomic mass is 15.2. The molecule has 0 radical (unpaired) electrons. The topological polar surface area (TPSA) is 15.3 Å². The fraction of sp³-hybridized carbons (Fsp3) is 1.00. The van der Waals surface area contributed by atoms with Crippen LogP contribution in [0, 0.1) is 17.3 Å². The summed E-state index contributed by atoms with van der Waals surface area (Å²) in [4.78, 5) is 2.78. The number of likely N-dealkylation sites (N-methyl/N-ethyl adjacent to an activating group) is 1. The molecule has 2 fully saturated rings. The fourth-order valence-corrected chi connectivity index (χ4v) is 3.87. The van der Waals surface area contributed by atoms with Gasteiger partial charge in [-0.2, -0.15) is 0 Å². The normalized spacial score (nSPS) is 41.8. The molecule has 0 aromatic rings. The third-order valence-corrected chi connectivity index (χ3v) is 5.56. The first-order valence-electron chi connectivity index (χ1n) is 7.84. The molecule has 106 valence electrons. The van der Waals surface area contributed by atoms with Crippen LogP contribution in [0.1, 0.15) is 53.4 Å². The lowest BCUT2D eigenvalue weighted by atomic mass is 9.71. The van der Waals surface area contributed by atoms with Crippen LogP contribution < -0.4 is 5.32 Å². The average Bonchev–Trinajstić information content (AvgIpc) is 2.32. The number of piperidine rings is 1. The summed E-state index contributed by atoms with van der Waals surface area (Å²) in [6, 6.07) is 1.47. The summed E-state index contributed by atoms with van der Waals surface area (Å²) in [5.74, 6) is 1.77. The first-order chi connectivity index (χ1) is 8.43. The minimum atomic E-state index is 0.532. The van der Waals surface area contributed by atoms with Gasteiger partial charge in [0.05, 0.1) is 0 Å². The third-order valence-electron chi connectivity index (χ3n) is 5.56. The predicted octanol–water partition coefficient (Wildman–Crippen LogP) is 3.13. The second-order valence-electron chi connectivity index (χ2n) is 7.61. The van der Waals surface area contributed by atoms with E-state index in [1.807, 2.05) is 0 Å². The largest absolute Gasteiger partial charge is 0.315 e. The number of hydrogen-bond acceptors (Lipinski definition) is 2. The first-order valence-corrected chi connectivity index (χ1v) is 7.84. The highest BCUT2D eigenvalue weighted by Crippen LogP contribution is 2.39. The lowest BCUT2D eigenvalue weighted by Crippen LogP contribution is -2.56. The number of nitrogens with one attached hydrogen (secondary N) is 1. The summed E-state index contributed by atoms with van der Waals surface area (Å²) in [6.07, 6.45) is 5.46. The Bertz CT molecular complexity index is 274. The molecular formula is C16H32N2. The molecule has 0 bridgehead atoms. The van der Waals surface area contributed by atoms with Gasteiger partial charge < -0.3 is 5.32 Å². The summed E-state index contributed by atoms with van der Waals surface area (Å²) in [6.45, 7) is 12.4. The summed E-state index contributed by atoms with van der Waals surface area (Å²) in [7, 11) is 2.14. The van der Waals surface area contributed by atoms with Crippen LogP contribution in [-0.2, 0) is 0 Å². The summed E-state index contributed by atoms with van der Waals surface area (Å²) < 4.78 is 0.